The number of amides is 1. The van der Waals surface area contributed by atoms with E-state index in [9.17, 15) is 9.59 Å². The Hall–Kier alpha value is -2.58. The molecule has 0 aliphatic carbocycles. The quantitative estimate of drug-likeness (QED) is 0.565. The molecule has 2 atom stereocenters. The average molecular weight is 501 g/mol. The molecule has 1 fully saturated rings. The van der Waals surface area contributed by atoms with Crippen LogP contribution in [-0.4, -0.2) is 41.4 Å². The number of carbonyl (C=O) groups is 2. The highest BCUT2D eigenvalue weighted by Gasteiger charge is 2.47. The molecule has 2 aromatic carbocycles. The van der Waals surface area contributed by atoms with E-state index in [2.05, 4.69) is 20.9 Å². The Balaban J connectivity index is 1.72. The number of carbonyl (C=O) groups excluding carboxylic acids is 2. The molecular formula is C23H21BrN2O4S. The van der Waals surface area contributed by atoms with Gasteiger partial charge in [-0.2, -0.15) is 0 Å². The van der Waals surface area contributed by atoms with Gasteiger partial charge < -0.3 is 9.47 Å². The van der Waals surface area contributed by atoms with Gasteiger partial charge in [0.2, 0.25) is 5.91 Å². The zero-order valence-corrected chi connectivity index (χ0v) is 19.7. The summed E-state index contributed by atoms with van der Waals surface area (Å²) in [5.41, 5.74) is 2.79. The smallest absolute Gasteiger partial charge is 0.338 e. The summed E-state index contributed by atoms with van der Waals surface area (Å²) in [5, 5.41) is 0.295. The van der Waals surface area contributed by atoms with Crippen molar-refractivity contribution in [3.8, 4) is 5.75 Å². The Bertz CT molecular complexity index is 1080. The average Bonchev–Trinajstić information content (AvgIpc) is 3.08. The lowest BCUT2D eigenvalue weighted by atomic mass is 9.94. The van der Waals surface area contributed by atoms with Crippen LogP contribution in [0.2, 0.25) is 0 Å². The Morgan fingerprint density at radius 1 is 1.13 bits per heavy atom. The van der Waals surface area contributed by atoms with Crippen molar-refractivity contribution in [3.05, 3.63) is 75.4 Å². The normalized spacial score (nSPS) is 20.5. The van der Waals surface area contributed by atoms with E-state index < -0.39 is 12.0 Å². The highest BCUT2D eigenvalue weighted by Crippen LogP contribution is 2.44. The number of ether oxygens (including phenoxy) is 2. The summed E-state index contributed by atoms with van der Waals surface area (Å²) in [4.78, 5) is 32.4. The summed E-state index contributed by atoms with van der Waals surface area (Å²) in [6, 6.07) is 14.7. The third kappa shape index (κ3) is 4.14. The van der Waals surface area contributed by atoms with Gasteiger partial charge in [-0.25, -0.2) is 9.79 Å². The molecule has 0 bridgehead atoms. The molecule has 31 heavy (non-hydrogen) atoms. The topological polar surface area (TPSA) is 68.2 Å². The van der Waals surface area contributed by atoms with Gasteiger partial charge in [0.1, 0.15) is 5.75 Å². The molecular weight excluding hydrogens is 480 g/mol. The molecule has 0 aromatic heterocycles. The third-order valence-electron chi connectivity index (χ3n) is 5.32. The van der Waals surface area contributed by atoms with Crippen molar-refractivity contribution in [1.29, 1.82) is 0 Å². The zero-order chi connectivity index (χ0) is 22.1. The second-order valence-electron chi connectivity index (χ2n) is 7.21. The fourth-order valence-corrected chi connectivity index (χ4v) is 5.27. The van der Waals surface area contributed by atoms with Crippen LogP contribution >= 0.6 is 27.7 Å². The summed E-state index contributed by atoms with van der Waals surface area (Å²) < 4.78 is 11.3. The van der Waals surface area contributed by atoms with E-state index >= 15 is 0 Å². The molecule has 2 aliphatic rings. The van der Waals surface area contributed by atoms with Gasteiger partial charge in [-0.15, -0.1) is 0 Å². The van der Waals surface area contributed by atoms with Crippen molar-refractivity contribution in [2.75, 3.05) is 14.2 Å². The predicted octanol–water partition coefficient (Wildman–Crippen LogP) is 4.50. The Kier molecular flexibility index (Phi) is 6.20. The van der Waals surface area contributed by atoms with Gasteiger partial charge in [0, 0.05) is 4.47 Å². The van der Waals surface area contributed by atoms with Crippen LogP contribution < -0.4 is 4.74 Å². The molecule has 2 heterocycles. The summed E-state index contributed by atoms with van der Waals surface area (Å²) in [7, 11) is 2.93. The number of benzene rings is 2. The number of hydrogen-bond donors (Lipinski definition) is 0. The van der Waals surface area contributed by atoms with Gasteiger partial charge in [0.15, 0.2) is 5.17 Å². The molecule has 2 aliphatic heterocycles. The molecule has 4 rings (SSSR count). The van der Waals surface area contributed by atoms with Gasteiger partial charge in [-0.05, 0) is 48.7 Å². The maximum absolute atomic E-state index is 13.5. The van der Waals surface area contributed by atoms with Gasteiger partial charge >= 0.3 is 5.97 Å². The third-order valence-corrected chi connectivity index (χ3v) is 7.00. The number of hydrogen-bond acceptors (Lipinski definition) is 6. The molecule has 0 spiro atoms. The van der Waals surface area contributed by atoms with E-state index in [1.807, 2.05) is 48.5 Å². The molecule has 0 saturated carbocycles. The van der Waals surface area contributed by atoms with E-state index in [-0.39, 0.29) is 11.2 Å². The van der Waals surface area contributed by atoms with Crippen LogP contribution in [0.25, 0.3) is 0 Å². The van der Waals surface area contributed by atoms with Crippen LogP contribution in [0.4, 0.5) is 0 Å². The van der Waals surface area contributed by atoms with Crippen molar-refractivity contribution in [2.24, 2.45) is 4.99 Å². The van der Waals surface area contributed by atoms with E-state index in [1.165, 1.54) is 18.9 Å². The number of nitrogens with zero attached hydrogens (tertiary/aromatic N) is 2. The molecule has 0 N–H and O–H groups in total. The summed E-state index contributed by atoms with van der Waals surface area (Å²) in [5.74, 6) is 0.140. The van der Waals surface area contributed by atoms with Gasteiger partial charge in [-0.3, -0.25) is 9.69 Å². The molecule has 6 nitrogen and oxygen atoms in total. The van der Waals surface area contributed by atoms with Crippen LogP contribution in [0.5, 0.6) is 5.75 Å². The predicted molar refractivity (Wildman–Crippen MR) is 124 cm³/mol. The largest absolute Gasteiger partial charge is 0.497 e. The van der Waals surface area contributed by atoms with Gasteiger partial charge in [0.25, 0.3) is 0 Å². The van der Waals surface area contributed by atoms with Crippen molar-refractivity contribution in [1.82, 2.24) is 4.90 Å². The number of esters is 1. The lowest BCUT2D eigenvalue weighted by molar-refractivity contribution is -0.137. The van der Waals surface area contributed by atoms with Crippen molar-refractivity contribution < 1.29 is 19.1 Å². The molecule has 1 saturated heterocycles. The number of thioether (sulfide) groups is 1. The first-order chi connectivity index (χ1) is 14.9. The van der Waals surface area contributed by atoms with Crippen molar-refractivity contribution in [2.45, 2.75) is 24.6 Å². The molecule has 0 unspecified atom stereocenters. The van der Waals surface area contributed by atoms with Crippen LogP contribution in [0.15, 0.2) is 69.3 Å². The summed E-state index contributed by atoms with van der Waals surface area (Å²) in [6.07, 6.45) is 0.578. The van der Waals surface area contributed by atoms with Crippen LogP contribution in [0.3, 0.4) is 0 Å². The van der Waals surface area contributed by atoms with Crippen molar-refractivity contribution >= 4 is 44.7 Å². The molecule has 8 heteroatoms. The number of rotatable bonds is 5. The van der Waals surface area contributed by atoms with Gasteiger partial charge in [-0.1, -0.05) is 52.0 Å². The second kappa shape index (κ2) is 8.88. The van der Waals surface area contributed by atoms with Crippen LogP contribution in [0.1, 0.15) is 24.1 Å². The van der Waals surface area contributed by atoms with Crippen molar-refractivity contribution in [3.63, 3.8) is 0 Å². The minimum Gasteiger partial charge on any atom is -0.497 e. The number of amidine groups is 1. The first kappa shape index (κ1) is 21.6. The SMILES string of the molecule is COC(=O)C1=C(C)N=C2S[C@H](Cc3ccc(Br)cc3)C(=O)N2[C@@H]1c1ccc(OC)cc1. The number of methoxy groups -OCH3 is 2. The fraction of sp³-hybridized carbons (Fsp3) is 0.261. The lowest BCUT2D eigenvalue weighted by Crippen LogP contribution is -2.41. The fourth-order valence-electron chi connectivity index (χ4n) is 3.77. The van der Waals surface area contributed by atoms with E-state index in [0.717, 1.165) is 15.6 Å². The molecule has 1 amide bonds. The highest BCUT2D eigenvalue weighted by molar-refractivity contribution is 9.10. The first-order valence-corrected chi connectivity index (χ1v) is 11.4. The number of allylic oxidation sites excluding steroid dienone is 1. The lowest BCUT2D eigenvalue weighted by Gasteiger charge is -2.32. The Labute approximate surface area is 193 Å². The monoisotopic (exact) mass is 500 g/mol. The summed E-state index contributed by atoms with van der Waals surface area (Å²) in [6.45, 7) is 1.78. The maximum Gasteiger partial charge on any atom is 0.338 e. The molecule has 2 aromatic rings. The van der Waals surface area contributed by atoms with E-state index in [0.29, 0.717) is 28.6 Å². The molecule has 160 valence electrons. The van der Waals surface area contributed by atoms with E-state index in [4.69, 9.17) is 9.47 Å². The Morgan fingerprint density at radius 3 is 2.42 bits per heavy atom. The minimum absolute atomic E-state index is 0.0682. The summed E-state index contributed by atoms with van der Waals surface area (Å²) >= 11 is 4.88. The standard InChI is InChI=1S/C23H21BrN2O4S/c1-13-19(22(28)30-3)20(15-6-10-17(29-2)11-7-15)26-21(27)18(31-23(26)25-13)12-14-4-8-16(24)9-5-14/h4-11,18,20H,12H2,1-3H3/t18-,20-/m1/s1. The first-order valence-electron chi connectivity index (χ1n) is 9.68. The van der Waals surface area contributed by atoms with E-state index in [1.54, 1.807) is 18.9 Å². The number of aliphatic imine (C=N–C) groups is 1. The second-order valence-corrected chi connectivity index (χ2v) is 9.29. The van der Waals surface area contributed by atoms with Crippen LogP contribution in [0, 0.1) is 0 Å². The van der Waals surface area contributed by atoms with Gasteiger partial charge in [0.05, 0.1) is 36.8 Å². The molecule has 0 radical (unpaired) electrons. The Morgan fingerprint density at radius 2 is 1.81 bits per heavy atom. The highest BCUT2D eigenvalue weighted by atomic mass is 79.9. The zero-order valence-electron chi connectivity index (χ0n) is 17.3. The maximum atomic E-state index is 13.5. The number of fused-ring (bicyclic) bond motifs is 1. The van der Waals surface area contributed by atoms with Crippen LogP contribution in [-0.2, 0) is 20.7 Å². The minimum atomic E-state index is -0.597. The number of halogens is 1.